The summed E-state index contributed by atoms with van der Waals surface area (Å²) >= 11 is 0. The van der Waals surface area contributed by atoms with Gasteiger partial charge in [0.25, 0.3) is 0 Å². The first kappa shape index (κ1) is 16.6. The van der Waals surface area contributed by atoms with Crippen LogP contribution in [0.15, 0.2) is 18.2 Å². The number of nitrogens with one attached hydrogen (secondary N) is 1. The maximum atomic E-state index is 13.8. The molecule has 0 spiro atoms. The minimum atomic E-state index is -6.09. The van der Waals surface area contributed by atoms with Gasteiger partial charge in [-0.15, -0.1) is 0 Å². The van der Waals surface area contributed by atoms with Crippen LogP contribution in [0.1, 0.15) is 18.1 Å². The second-order valence-electron chi connectivity index (χ2n) is 4.21. The van der Waals surface area contributed by atoms with E-state index in [9.17, 15) is 30.7 Å². The highest BCUT2D eigenvalue weighted by molar-refractivity contribution is 5.53. The van der Waals surface area contributed by atoms with E-state index in [1.807, 2.05) is 0 Å². The summed E-state index contributed by atoms with van der Waals surface area (Å²) in [7, 11) is 0. The lowest BCUT2D eigenvalue weighted by Crippen LogP contribution is -2.50. The number of aryl methyl sites for hydroxylation is 1. The molecule has 20 heavy (non-hydrogen) atoms. The van der Waals surface area contributed by atoms with E-state index in [4.69, 9.17) is 0 Å². The summed E-state index contributed by atoms with van der Waals surface area (Å²) in [6.07, 6.45) is -12.2. The first-order valence-electron chi connectivity index (χ1n) is 5.62. The molecule has 0 aliphatic heterocycles. The molecule has 0 aliphatic rings. The Balaban J connectivity index is 3.42. The van der Waals surface area contributed by atoms with Crippen LogP contribution in [0, 0.1) is 6.92 Å². The molecule has 0 saturated heterocycles. The Kier molecular flexibility index (Phi) is 4.26. The van der Waals surface area contributed by atoms with Crippen LogP contribution in [0.5, 0.6) is 0 Å². The normalized spacial score (nSPS) is 13.4. The molecule has 1 nitrogen and oxygen atoms in total. The Bertz CT molecular complexity index is 462. The largest absolute Gasteiger partial charge is 0.435 e. The number of benzene rings is 1. The van der Waals surface area contributed by atoms with Crippen LogP contribution in [-0.4, -0.2) is 18.9 Å². The van der Waals surface area contributed by atoms with Crippen molar-refractivity contribution in [1.82, 2.24) is 0 Å². The number of halogens is 7. The van der Waals surface area contributed by atoms with Crippen LogP contribution in [0.3, 0.4) is 0 Å². The number of anilines is 1. The van der Waals surface area contributed by atoms with Crippen molar-refractivity contribution in [2.45, 2.75) is 31.9 Å². The first-order valence-corrected chi connectivity index (χ1v) is 5.62. The highest BCUT2D eigenvalue weighted by Crippen LogP contribution is 2.53. The molecule has 0 fully saturated rings. The molecule has 1 aromatic carbocycles. The van der Waals surface area contributed by atoms with Crippen LogP contribution >= 0.6 is 0 Å². The number of hydrogen-bond donors (Lipinski definition) is 1. The maximum absolute atomic E-state index is 13.8. The van der Waals surface area contributed by atoms with Crippen LogP contribution in [0.4, 0.5) is 36.4 Å². The summed E-state index contributed by atoms with van der Waals surface area (Å²) in [5, 5.41) is 2.75. The predicted molar refractivity (Wildman–Crippen MR) is 60.2 cm³/mol. The molecule has 0 saturated carbocycles. The fourth-order valence-electron chi connectivity index (χ4n) is 1.75. The van der Waals surface area contributed by atoms with E-state index in [2.05, 4.69) is 5.32 Å². The fraction of sp³-hybridized carbons (Fsp3) is 0.500. The highest BCUT2D eigenvalue weighted by Gasteiger charge is 2.73. The molecule has 0 unspecified atom stereocenters. The van der Waals surface area contributed by atoms with Gasteiger partial charge in [0.15, 0.2) is 0 Å². The molecular weight excluding hydrogens is 291 g/mol. The molecule has 1 rings (SSSR count). The summed E-state index contributed by atoms with van der Waals surface area (Å²) in [6, 6.07) is 2.05. The zero-order valence-electron chi connectivity index (χ0n) is 10.6. The molecule has 8 heteroatoms. The molecule has 0 aromatic heterocycles. The van der Waals surface area contributed by atoms with E-state index >= 15 is 0 Å². The van der Waals surface area contributed by atoms with Crippen LogP contribution in [0.2, 0.25) is 0 Å². The van der Waals surface area contributed by atoms with Gasteiger partial charge in [-0.25, -0.2) is 4.39 Å². The smallest absolute Gasteiger partial charge is 0.385 e. The molecule has 114 valence electrons. The molecule has 0 heterocycles. The Morgan fingerprint density at radius 2 is 1.45 bits per heavy atom. The second-order valence-corrected chi connectivity index (χ2v) is 4.21. The first-order chi connectivity index (χ1) is 8.95. The lowest BCUT2D eigenvalue weighted by atomic mass is 9.92. The quantitative estimate of drug-likeness (QED) is 0.797. The molecule has 0 amide bonds. The Labute approximate surface area is 110 Å². The van der Waals surface area contributed by atoms with Crippen molar-refractivity contribution in [3.63, 3.8) is 0 Å². The van der Waals surface area contributed by atoms with E-state index in [-0.39, 0.29) is 5.56 Å². The number of hydrogen-bond acceptors (Lipinski definition) is 1. The lowest BCUT2D eigenvalue weighted by molar-refractivity contribution is -0.348. The predicted octanol–water partition coefficient (Wildman–Crippen LogP) is 4.72. The van der Waals surface area contributed by atoms with E-state index < -0.39 is 23.6 Å². The van der Waals surface area contributed by atoms with E-state index in [0.717, 1.165) is 6.07 Å². The Hall–Kier alpha value is -1.47. The minimum Gasteiger partial charge on any atom is -0.385 e. The maximum Gasteiger partial charge on any atom is 0.435 e. The second kappa shape index (κ2) is 5.14. The van der Waals surface area contributed by atoms with Gasteiger partial charge in [-0.2, -0.15) is 26.3 Å². The van der Waals surface area contributed by atoms with Crippen molar-refractivity contribution < 1.29 is 30.7 Å². The third-order valence-electron chi connectivity index (χ3n) is 2.77. The summed E-state index contributed by atoms with van der Waals surface area (Å²) in [6.45, 7) is 3.44. The molecule has 0 radical (unpaired) electrons. The molecule has 1 N–H and O–H groups in total. The fourth-order valence-corrected chi connectivity index (χ4v) is 1.75. The summed E-state index contributed by atoms with van der Waals surface area (Å²) in [5.41, 5.74) is -6.41. The van der Waals surface area contributed by atoms with Crippen molar-refractivity contribution >= 4 is 5.69 Å². The van der Waals surface area contributed by atoms with Crippen molar-refractivity contribution in [1.29, 1.82) is 0 Å². The van der Waals surface area contributed by atoms with Crippen molar-refractivity contribution in [2.75, 3.05) is 11.9 Å². The van der Waals surface area contributed by atoms with E-state index in [0.29, 0.717) is 24.4 Å². The number of rotatable bonds is 3. The number of alkyl halides is 7. The third-order valence-corrected chi connectivity index (χ3v) is 2.77. The SMILES string of the molecule is CCNc1ccc(C(F)(C(F)(F)F)C(F)(F)F)cc1C. The van der Waals surface area contributed by atoms with Crippen molar-refractivity contribution in [3.05, 3.63) is 29.3 Å². The zero-order chi connectivity index (χ0) is 15.8. The molecule has 0 atom stereocenters. The molecule has 0 aliphatic carbocycles. The van der Waals surface area contributed by atoms with Gasteiger partial charge in [0.05, 0.1) is 0 Å². The Morgan fingerprint density at radius 1 is 0.950 bits per heavy atom. The average Bonchev–Trinajstić information content (AvgIpc) is 2.28. The van der Waals surface area contributed by atoms with Gasteiger partial charge in [0.1, 0.15) is 0 Å². The van der Waals surface area contributed by atoms with Gasteiger partial charge < -0.3 is 5.32 Å². The van der Waals surface area contributed by atoms with Crippen molar-refractivity contribution in [3.8, 4) is 0 Å². The third kappa shape index (κ3) is 2.69. The highest BCUT2D eigenvalue weighted by atomic mass is 19.4. The standard InChI is InChI=1S/C12H12F7N/c1-3-20-9-5-4-8(6-7(9)2)10(13,11(14,15)16)12(17,18)19/h4-6,20H,3H2,1-2H3. The van der Waals surface area contributed by atoms with E-state index in [1.54, 1.807) is 6.92 Å². The monoisotopic (exact) mass is 303 g/mol. The van der Waals surface area contributed by atoms with Gasteiger partial charge >= 0.3 is 18.0 Å². The van der Waals surface area contributed by atoms with Crippen molar-refractivity contribution in [2.24, 2.45) is 0 Å². The topological polar surface area (TPSA) is 12.0 Å². The average molecular weight is 303 g/mol. The lowest BCUT2D eigenvalue weighted by Gasteiger charge is -2.30. The summed E-state index contributed by atoms with van der Waals surface area (Å²) in [4.78, 5) is 0. The molecule has 1 aromatic rings. The van der Waals surface area contributed by atoms with Gasteiger partial charge in [-0.1, -0.05) is 12.1 Å². The van der Waals surface area contributed by atoms with Gasteiger partial charge in [-0.3, -0.25) is 0 Å². The van der Waals surface area contributed by atoms with Crippen LogP contribution < -0.4 is 5.32 Å². The zero-order valence-corrected chi connectivity index (χ0v) is 10.6. The van der Waals surface area contributed by atoms with Crippen LogP contribution in [0.25, 0.3) is 0 Å². The van der Waals surface area contributed by atoms with Gasteiger partial charge in [-0.05, 0) is 25.5 Å². The van der Waals surface area contributed by atoms with E-state index in [1.165, 1.54) is 6.92 Å². The summed E-state index contributed by atoms with van der Waals surface area (Å²) < 4.78 is 89.1. The van der Waals surface area contributed by atoms with Gasteiger partial charge in [0.2, 0.25) is 0 Å². The Morgan fingerprint density at radius 3 is 1.80 bits per heavy atom. The van der Waals surface area contributed by atoms with Gasteiger partial charge in [0, 0.05) is 17.8 Å². The van der Waals surface area contributed by atoms with Crippen LogP contribution in [-0.2, 0) is 5.67 Å². The minimum absolute atomic E-state index is 0.0971. The summed E-state index contributed by atoms with van der Waals surface area (Å²) in [5.74, 6) is 0. The molecule has 0 bridgehead atoms. The molecular formula is C12H12F7N.